The number of hydrogen-bond acceptors (Lipinski definition) is 5. The van der Waals surface area contributed by atoms with Gasteiger partial charge in [-0.1, -0.05) is 85.0 Å². The molecule has 9 heteroatoms. The van der Waals surface area contributed by atoms with Crippen molar-refractivity contribution in [3.8, 4) is 0 Å². The van der Waals surface area contributed by atoms with Gasteiger partial charge in [0, 0.05) is 31.5 Å². The molecule has 5 nitrogen and oxygen atoms in total. The van der Waals surface area contributed by atoms with Gasteiger partial charge in [0.25, 0.3) is 0 Å². The van der Waals surface area contributed by atoms with E-state index in [0.29, 0.717) is 47.3 Å². The topological polar surface area (TPSA) is 54.8 Å². The third-order valence-electron chi connectivity index (χ3n) is 16.7. The standard InChI is InChI=1S/C51H94F3N2O3P/c1-39(2)56(40(3)4)60(37-23-33-55)59-36-21-19-17-15-13-11-10-12-14-16-18-20-34-57-43-29-31-49(8)42(38-43)25-26-44-46-28-27-45(50(46,9)32-30-47(44)49)41(5)24-22-35-58-48(6,7)51(52,53)54/h33,39-47,55H,10-32,34-38H2,1-9H3/t41-,42-,43-,44+,45-,46+,47+,49+,50-,60?/m1/s1. The molecule has 1 N–H and O–H groups in total. The van der Waals surface area contributed by atoms with Gasteiger partial charge in [0.15, 0.2) is 5.60 Å². The Morgan fingerprint density at radius 3 is 1.85 bits per heavy atom. The monoisotopic (exact) mass is 871 g/mol. The number of nitrogens with zero attached hydrogens (tertiary/aromatic N) is 1. The van der Waals surface area contributed by atoms with Crippen LogP contribution in [0.2, 0.25) is 0 Å². The van der Waals surface area contributed by atoms with Crippen LogP contribution in [0.4, 0.5) is 13.2 Å². The Kier molecular flexibility index (Phi) is 21.7. The van der Waals surface area contributed by atoms with Gasteiger partial charge >= 0.3 is 6.18 Å². The molecule has 0 radical (unpaired) electrons. The van der Waals surface area contributed by atoms with Crippen LogP contribution in [0.25, 0.3) is 0 Å². The Bertz CT molecular complexity index is 1210. The fourth-order valence-electron chi connectivity index (χ4n) is 13.3. The first-order valence-corrected chi connectivity index (χ1v) is 26.9. The Balaban J connectivity index is 1.02. The highest BCUT2D eigenvalue weighted by Gasteiger charge is 2.60. The molecular weight excluding hydrogens is 777 g/mol. The van der Waals surface area contributed by atoms with E-state index in [0.717, 1.165) is 76.2 Å². The van der Waals surface area contributed by atoms with E-state index >= 15 is 0 Å². The maximum Gasteiger partial charge on any atom is 0.416 e. The average Bonchev–Trinajstić information content (AvgIpc) is 3.54. The van der Waals surface area contributed by atoms with Crippen LogP contribution >= 0.6 is 8.30 Å². The highest BCUT2D eigenvalue weighted by atomic mass is 31.2. The summed E-state index contributed by atoms with van der Waals surface area (Å²) in [7, 11) is -0.613. The van der Waals surface area contributed by atoms with Crippen LogP contribution in [0.5, 0.6) is 0 Å². The predicted octanol–water partition coefficient (Wildman–Crippen LogP) is 16.0. The third-order valence-corrected chi connectivity index (χ3v) is 19.3. The molecule has 4 saturated carbocycles. The van der Waals surface area contributed by atoms with Gasteiger partial charge in [-0.25, -0.2) is 0 Å². The third kappa shape index (κ3) is 14.4. The molecule has 352 valence electrons. The summed E-state index contributed by atoms with van der Waals surface area (Å²) in [5, 5.41) is 7.47. The van der Waals surface area contributed by atoms with Crippen LogP contribution < -0.4 is 0 Å². The number of nitrogens with one attached hydrogen (secondary N) is 1. The Morgan fingerprint density at radius 2 is 1.27 bits per heavy atom. The summed E-state index contributed by atoms with van der Waals surface area (Å²) in [6, 6.07) is 0.950. The van der Waals surface area contributed by atoms with Crippen LogP contribution in [-0.2, 0) is 14.0 Å². The first-order chi connectivity index (χ1) is 28.5. The quantitative estimate of drug-likeness (QED) is 0.0462. The van der Waals surface area contributed by atoms with Gasteiger partial charge in [0.1, 0.15) is 8.30 Å². The molecule has 10 atom stereocenters. The lowest BCUT2D eigenvalue weighted by molar-refractivity contribution is -0.263. The van der Waals surface area contributed by atoms with Crippen LogP contribution in [0.1, 0.15) is 216 Å². The zero-order valence-electron chi connectivity index (χ0n) is 40.3. The lowest BCUT2D eigenvalue weighted by atomic mass is 9.44. The largest absolute Gasteiger partial charge is 0.416 e. The minimum Gasteiger partial charge on any atom is -0.378 e. The summed E-state index contributed by atoms with van der Waals surface area (Å²) in [6.07, 6.45) is 28.9. The van der Waals surface area contributed by atoms with Crippen molar-refractivity contribution in [3.63, 3.8) is 0 Å². The molecule has 0 aliphatic heterocycles. The summed E-state index contributed by atoms with van der Waals surface area (Å²) in [6.45, 7) is 20.9. The second-order valence-corrected chi connectivity index (χ2v) is 23.7. The number of rotatable bonds is 29. The summed E-state index contributed by atoms with van der Waals surface area (Å²) in [5.41, 5.74) is -1.23. The maximum atomic E-state index is 13.3. The van der Waals surface area contributed by atoms with Gasteiger partial charge in [-0.2, -0.15) is 13.2 Å². The van der Waals surface area contributed by atoms with E-state index in [1.165, 1.54) is 135 Å². The minimum absolute atomic E-state index is 0.186. The van der Waals surface area contributed by atoms with Crippen LogP contribution in [-0.4, -0.2) is 66.8 Å². The molecule has 1 unspecified atom stereocenters. The molecule has 4 rings (SSSR count). The van der Waals surface area contributed by atoms with E-state index in [-0.39, 0.29) is 6.61 Å². The molecular formula is C51H94F3N2O3P. The van der Waals surface area contributed by atoms with Crippen molar-refractivity contribution in [3.05, 3.63) is 0 Å². The lowest BCUT2D eigenvalue weighted by Gasteiger charge is -2.61. The van der Waals surface area contributed by atoms with Crippen molar-refractivity contribution in [2.45, 2.75) is 246 Å². The van der Waals surface area contributed by atoms with E-state index in [9.17, 15) is 13.2 Å². The Morgan fingerprint density at radius 1 is 0.700 bits per heavy atom. The molecule has 4 fully saturated rings. The van der Waals surface area contributed by atoms with Crippen LogP contribution in [0.15, 0.2) is 0 Å². The smallest absolute Gasteiger partial charge is 0.378 e. The normalized spacial score (nSPS) is 30.7. The highest BCUT2D eigenvalue weighted by Crippen LogP contribution is 2.68. The van der Waals surface area contributed by atoms with E-state index in [4.69, 9.17) is 19.4 Å². The molecule has 4 aliphatic carbocycles. The molecule has 0 heterocycles. The van der Waals surface area contributed by atoms with Gasteiger partial charge in [-0.3, -0.25) is 4.67 Å². The lowest BCUT2D eigenvalue weighted by Crippen LogP contribution is -2.54. The van der Waals surface area contributed by atoms with E-state index in [1.54, 1.807) is 0 Å². The highest BCUT2D eigenvalue weighted by molar-refractivity contribution is 7.50. The van der Waals surface area contributed by atoms with E-state index < -0.39 is 20.1 Å². The molecule has 0 amide bonds. The van der Waals surface area contributed by atoms with Crippen LogP contribution in [0, 0.1) is 51.7 Å². The average molecular weight is 871 g/mol. The predicted molar refractivity (Wildman–Crippen MR) is 248 cm³/mol. The molecule has 0 spiro atoms. The van der Waals surface area contributed by atoms with Crippen molar-refractivity contribution >= 4 is 14.5 Å². The zero-order chi connectivity index (χ0) is 44.0. The molecule has 0 saturated heterocycles. The molecule has 0 aromatic carbocycles. The maximum absolute atomic E-state index is 13.3. The SMILES string of the molecule is CC(C)N(C(C)C)P(CCC=N)OCCCCCCCCCCCCCCO[C@@H]1CC[C@@]2(C)[C@H](CC[C@@H]3[C@@H]2CC[C@]2(C)[C@@H]([C@H](C)CCCOC(C)(C)C(F)(F)F)CC[C@@H]32)C1. The number of fused-ring (bicyclic) bond motifs is 5. The Hall–Kier alpha value is -0.270. The summed E-state index contributed by atoms with van der Waals surface area (Å²) in [4.78, 5) is 0. The summed E-state index contributed by atoms with van der Waals surface area (Å²) >= 11 is 0. The van der Waals surface area contributed by atoms with Crippen molar-refractivity contribution in [1.29, 1.82) is 5.41 Å². The van der Waals surface area contributed by atoms with Gasteiger partial charge in [0.2, 0.25) is 0 Å². The van der Waals surface area contributed by atoms with Gasteiger partial charge < -0.3 is 19.4 Å². The minimum atomic E-state index is -4.33. The fraction of sp³-hybridized carbons (Fsp3) is 0.980. The first kappa shape index (κ1) is 52.4. The number of alkyl halides is 3. The van der Waals surface area contributed by atoms with Crippen LogP contribution in [0.3, 0.4) is 0 Å². The molecule has 0 aromatic heterocycles. The van der Waals surface area contributed by atoms with Gasteiger partial charge in [0.05, 0.1) is 12.7 Å². The van der Waals surface area contributed by atoms with Crippen molar-refractivity contribution in [1.82, 2.24) is 4.67 Å². The Labute approximate surface area is 369 Å². The number of halogens is 3. The number of ether oxygens (including phenoxy) is 2. The fourth-order valence-corrected chi connectivity index (χ4v) is 15.5. The van der Waals surface area contributed by atoms with E-state index in [1.807, 2.05) is 0 Å². The molecule has 60 heavy (non-hydrogen) atoms. The molecule has 0 aromatic rings. The van der Waals surface area contributed by atoms with Crippen molar-refractivity contribution in [2.24, 2.45) is 46.3 Å². The first-order valence-electron chi connectivity index (χ1n) is 25.5. The second kappa shape index (κ2) is 24.9. The number of unbranched alkanes of at least 4 members (excludes halogenated alkanes) is 11. The van der Waals surface area contributed by atoms with E-state index in [2.05, 4.69) is 53.1 Å². The van der Waals surface area contributed by atoms with Gasteiger partial charge in [-0.05, 0) is 184 Å². The molecule has 4 aliphatic rings. The second-order valence-electron chi connectivity index (χ2n) is 21.8. The summed E-state index contributed by atoms with van der Waals surface area (Å²) in [5.74, 6) is 4.53. The summed E-state index contributed by atoms with van der Waals surface area (Å²) < 4.78 is 60.6. The van der Waals surface area contributed by atoms with Crippen molar-refractivity contribution < 1.29 is 27.2 Å². The van der Waals surface area contributed by atoms with Crippen molar-refractivity contribution in [2.75, 3.05) is 26.0 Å². The zero-order valence-corrected chi connectivity index (χ0v) is 41.2. The number of hydrogen-bond donors (Lipinski definition) is 1. The molecule has 0 bridgehead atoms. The van der Waals surface area contributed by atoms with Gasteiger partial charge in [-0.15, -0.1) is 0 Å².